The lowest BCUT2D eigenvalue weighted by Crippen LogP contribution is -1.97. The number of non-ortho nitro benzene ring substituents is 1. The number of anilines is 3. The SMILES string of the molecule is CNc1cc(Nc2ccn(C)n2)cc([N+](=O)[O-])c1. The molecule has 0 aliphatic heterocycles. The highest BCUT2D eigenvalue weighted by molar-refractivity contribution is 5.67. The van der Waals surface area contributed by atoms with E-state index in [2.05, 4.69) is 15.7 Å². The molecule has 1 heterocycles. The Labute approximate surface area is 104 Å². The van der Waals surface area contributed by atoms with Crippen LogP contribution >= 0.6 is 0 Å². The zero-order chi connectivity index (χ0) is 13.1. The molecule has 0 aliphatic rings. The molecule has 2 N–H and O–H groups in total. The van der Waals surface area contributed by atoms with E-state index in [0.717, 1.165) is 0 Å². The zero-order valence-electron chi connectivity index (χ0n) is 10.0. The third-order valence-corrected chi connectivity index (χ3v) is 2.40. The Morgan fingerprint density at radius 1 is 1.33 bits per heavy atom. The standard InChI is InChI=1S/C11H13N5O2/c1-12-8-5-9(7-10(6-8)16(17)18)13-11-3-4-15(2)14-11/h3-7,12H,1-2H3,(H,13,14). The number of aromatic nitrogens is 2. The van der Waals surface area contributed by atoms with Crippen LogP contribution in [0.25, 0.3) is 0 Å². The smallest absolute Gasteiger partial charge is 0.273 e. The molecule has 0 bridgehead atoms. The molecule has 0 saturated heterocycles. The largest absolute Gasteiger partial charge is 0.388 e. The second-order valence-electron chi connectivity index (χ2n) is 3.78. The van der Waals surface area contributed by atoms with Gasteiger partial charge in [0.05, 0.1) is 4.92 Å². The molecule has 18 heavy (non-hydrogen) atoms. The minimum absolute atomic E-state index is 0.0280. The van der Waals surface area contributed by atoms with E-state index in [1.54, 1.807) is 37.1 Å². The first kappa shape index (κ1) is 11.9. The summed E-state index contributed by atoms with van der Waals surface area (Å²) >= 11 is 0. The average Bonchev–Trinajstić information content (AvgIpc) is 2.74. The van der Waals surface area contributed by atoms with E-state index in [4.69, 9.17) is 0 Å². The fourth-order valence-electron chi connectivity index (χ4n) is 1.56. The van der Waals surface area contributed by atoms with E-state index < -0.39 is 4.92 Å². The van der Waals surface area contributed by atoms with Crippen molar-refractivity contribution in [3.8, 4) is 0 Å². The fraction of sp³-hybridized carbons (Fsp3) is 0.182. The topological polar surface area (TPSA) is 85.0 Å². The summed E-state index contributed by atoms with van der Waals surface area (Å²) in [6.45, 7) is 0. The van der Waals surface area contributed by atoms with Crippen molar-refractivity contribution in [3.63, 3.8) is 0 Å². The number of hydrogen-bond acceptors (Lipinski definition) is 5. The van der Waals surface area contributed by atoms with Gasteiger partial charge in [-0.15, -0.1) is 0 Å². The van der Waals surface area contributed by atoms with Crippen LogP contribution in [0.15, 0.2) is 30.5 Å². The van der Waals surface area contributed by atoms with E-state index >= 15 is 0 Å². The number of nitrogens with one attached hydrogen (secondary N) is 2. The minimum atomic E-state index is -0.426. The van der Waals surface area contributed by atoms with E-state index in [-0.39, 0.29) is 5.69 Å². The summed E-state index contributed by atoms with van der Waals surface area (Å²) in [5, 5.41) is 20.9. The molecule has 0 amide bonds. The molecule has 0 atom stereocenters. The van der Waals surface area contributed by atoms with Crippen LogP contribution in [0.1, 0.15) is 0 Å². The second-order valence-corrected chi connectivity index (χ2v) is 3.78. The van der Waals surface area contributed by atoms with Crippen LogP contribution < -0.4 is 10.6 Å². The Hall–Kier alpha value is -2.57. The molecule has 0 spiro atoms. The molecule has 94 valence electrons. The van der Waals surface area contributed by atoms with Crippen molar-refractivity contribution in [2.75, 3.05) is 17.7 Å². The first-order chi connectivity index (χ1) is 8.58. The number of benzene rings is 1. The van der Waals surface area contributed by atoms with E-state index in [0.29, 0.717) is 17.2 Å². The van der Waals surface area contributed by atoms with Crippen LogP contribution in [0.3, 0.4) is 0 Å². The van der Waals surface area contributed by atoms with Crippen molar-refractivity contribution in [2.24, 2.45) is 7.05 Å². The predicted octanol–water partition coefficient (Wildman–Crippen LogP) is 2.11. The molecule has 0 radical (unpaired) electrons. The summed E-state index contributed by atoms with van der Waals surface area (Å²) in [4.78, 5) is 10.4. The average molecular weight is 247 g/mol. The molecular weight excluding hydrogens is 234 g/mol. The van der Waals surface area contributed by atoms with E-state index in [1.807, 2.05) is 0 Å². The van der Waals surface area contributed by atoms with Gasteiger partial charge < -0.3 is 10.6 Å². The first-order valence-electron chi connectivity index (χ1n) is 5.32. The molecule has 7 nitrogen and oxygen atoms in total. The monoisotopic (exact) mass is 247 g/mol. The van der Waals surface area contributed by atoms with Gasteiger partial charge in [0, 0.05) is 49.9 Å². The first-order valence-corrected chi connectivity index (χ1v) is 5.32. The van der Waals surface area contributed by atoms with Gasteiger partial charge in [0.15, 0.2) is 5.82 Å². The number of nitrogens with zero attached hydrogens (tertiary/aromatic N) is 3. The van der Waals surface area contributed by atoms with Crippen LogP contribution in [0.4, 0.5) is 22.9 Å². The van der Waals surface area contributed by atoms with Crippen LogP contribution in [-0.4, -0.2) is 21.8 Å². The molecule has 0 saturated carbocycles. The van der Waals surface area contributed by atoms with Crippen LogP contribution in [0.2, 0.25) is 0 Å². The maximum Gasteiger partial charge on any atom is 0.273 e. The lowest BCUT2D eigenvalue weighted by atomic mass is 10.2. The summed E-state index contributed by atoms with van der Waals surface area (Å²) in [5.74, 6) is 0.639. The second kappa shape index (κ2) is 4.74. The van der Waals surface area contributed by atoms with Gasteiger partial charge >= 0.3 is 0 Å². The molecule has 1 aromatic heterocycles. The van der Waals surface area contributed by atoms with Crippen LogP contribution in [0, 0.1) is 10.1 Å². The van der Waals surface area contributed by atoms with E-state index in [9.17, 15) is 10.1 Å². The molecule has 2 aromatic rings. The quantitative estimate of drug-likeness (QED) is 0.638. The van der Waals surface area contributed by atoms with Crippen molar-refractivity contribution in [2.45, 2.75) is 0 Å². The Balaban J connectivity index is 2.32. The molecule has 1 aromatic carbocycles. The van der Waals surface area contributed by atoms with Crippen LogP contribution in [0.5, 0.6) is 0 Å². The van der Waals surface area contributed by atoms with Gasteiger partial charge in [-0.1, -0.05) is 0 Å². The molecule has 0 fully saturated rings. The van der Waals surface area contributed by atoms with Gasteiger partial charge in [0.2, 0.25) is 0 Å². The highest BCUT2D eigenvalue weighted by Crippen LogP contribution is 2.25. The third-order valence-electron chi connectivity index (χ3n) is 2.40. The van der Waals surface area contributed by atoms with Crippen molar-refractivity contribution < 1.29 is 4.92 Å². The fourth-order valence-corrected chi connectivity index (χ4v) is 1.56. The van der Waals surface area contributed by atoms with Crippen molar-refractivity contribution >= 4 is 22.9 Å². The lowest BCUT2D eigenvalue weighted by Gasteiger charge is -2.06. The molecule has 0 unspecified atom stereocenters. The van der Waals surface area contributed by atoms with Gasteiger partial charge in [0.25, 0.3) is 5.69 Å². The highest BCUT2D eigenvalue weighted by atomic mass is 16.6. The maximum absolute atomic E-state index is 10.8. The lowest BCUT2D eigenvalue weighted by molar-refractivity contribution is -0.384. The van der Waals surface area contributed by atoms with Crippen molar-refractivity contribution in [3.05, 3.63) is 40.6 Å². The normalized spacial score (nSPS) is 10.1. The van der Waals surface area contributed by atoms with Gasteiger partial charge in [-0.3, -0.25) is 14.8 Å². The number of nitro groups is 1. The Morgan fingerprint density at radius 2 is 2.06 bits per heavy atom. The minimum Gasteiger partial charge on any atom is -0.388 e. The maximum atomic E-state index is 10.8. The molecule has 0 aliphatic carbocycles. The Bertz CT molecular complexity index is 579. The summed E-state index contributed by atoms with van der Waals surface area (Å²) < 4.78 is 1.65. The third kappa shape index (κ3) is 2.57. The predicted molar refractivity (Wildman–Crippen MR) is 69.1 cm³/mol. The van der Waals surface area contributed by atoms with Crippen LogP contribution in [-0.2, 0) is 7.05 Å². The Kier molecular flexibility index (Phi) is 3.13. The van der Waals surface area contributed by atoms with Crippen molar-refractivity contribution in [1.29, 1.82) is 0 Å². The zero-order valence-corrected chi connectivity index (χ0v) is 10.0. The summed E-state index contributed by atoms with van der Waals surface area (Å²) in [5.41, 5.74) is 1.31. The number of aryl methyl sites for hydroxylation is 1. The van der Waals surface area contributed by atoms with Gasteiger partial charge in [-0.25, -0.2) is 0 Å². The Morgan fingerprint density at radius 3 is 2.61 bits per heavy atom. The number of rotatable bonds is 4. The van der Waals surface area contributed by atoms with Gasteiger partial charge in [0.1, 0.15) is 0 Å². The van der Waals surface area contributed by atoms with E-state index in [1.165, 1.54) is 12.1 Å². The molecule has 2 rings (SSSR count). The van der Waals surface area contributed by atoms with Gasteiger partial charge in [-0.05, 0) is 6.07 Å². The highest BCUT2D eigenvalue weighted by Gasteiger charge is 2.09. The number of hydrogen-bond donors (Lipinski definition) is 2. The van der Waals surface area contributed by atoms with Crippen molar-refractivity contribution in [1.82, 2.24) is 9.78 Å². The summed E-state index contributed by atoms with van der Waals surface area (Å²) in [7, 11) is 3.52. The molecule has 7 heteroatoms. The summed E-state index contributed by atoms with van der Waals surface area (Å²) in [6.07, 6.45) is 1.79. The number of nitro benzene ring substituents is 1. The van der Waals surface area contributed by atoms with Gasteiger partial charge in [-0.2, -0.15) is 5.10 Å². The summed E-state index contributed by atoms with van der Waals surface area (Å²) in [6, 6.07) is 6.51. The molecular formula is C11H13N5O2.